The first-order valence-electron chi connectivity index (χ1n) is 11.4. The van der Waals surface area contributed by atoms with Crippen molar-refractivity contribution in [1.29, 1.82) is 0 Å². The van der Waals surface area contributed by atoms with E-state index in [9.17, 15) is 5.11 Å². The summed E-state index contributed by atoms with van der Waals surface area (Å²) in [6.45, 7) is 3.89. The molecule has 29 heavy (non-hydrogen) atoms. The second-order valence-electron chi connectivity index (χ2n) is 8.66. The van der Waals surface area contributed by atoms with E-state index in [0.717, 1.165) is 36.7 Å². The molecule has 0 aromatic carbocycles. The Balaban J connectivity index is 1.52. The number of anilines is 1. The number of aliphatic hydroxyl groups is 1. The van der Waals surface area contributed by atoms with Crippen LogP contribution in [0.15, 0.2) is 18.5 Å². The maximum atomic E-state index is 9.63. The van der Waals surface area contributed by atoms with Crippen molar-refractivity contribution in [3.8, 4) is 11.3 Å². The molecule has 0 unspecified atom stereocenters. The maximum Gasteiger partial charge on any atom is 0.225 e. The lowest BCUT2D eigenvalue weighted by Gasteiger charge is -2.31. The minimum Gasteiger partial charge on any atom is -0.394 e. The van der Waals surface area contributed by atoms with Crippen LogP contribution in [0.5, 0.6) is 0 Å². The van der Waals surface area contributed by atoms with Crippen molar-refractivity contribution >= 4 is 5.95 Å². The number of hydrogen-bond acceptors (Lipinski definition) is 6. The molecule has 3 aliphatic rings. The number of aromatic nitrogens is 4. The van der Waals surface area contributed by atoms with Crippen molar-refractivity contribution in [2.75, 3.05) is 31.1 Å². The van der Waals surface area contributed by atoms with Gasteiger partial charge in [-0.2, -0.15) is 5.10 Å². The molecule has 1 N–H and O–H groups in total. The summed E-state index contributed by atoms with van der Waals surface area (Å²) in [6, 6.07) is 3.07. The van der Waals surface area contributed by atoms with Crippen molar-refractivity contribution in [1.82, 2.24) is 24.6 Å². The third kappa shape index (κ3) is 3.66. The molecule has 2 aromatic heterocycles. The van der Waals surface area contributed by atoms with E-state index < -0.39 is 0 Å². The quantitative estimate of drug-likeness (QED) is 0.809. The highest BCUT2D eigenvalue weighted by Crippen LogP contribution is 2.41. The number of nitrogens with zero attached hydrogens (tertiary/aromatic N) is 6. The molecular weight excluding hydrogens is 364 g/mol. The van der Waals surface area contributed by atoms with Crippen LogP contribution in [-0.4, -0.2) is 62.0 Å². The lowest BCUT2D eigenvalue weighted by atomic mass is 10.0. The highest BCUT2D eigenvalue weighted by atomic mass is 16.3. The molecule has 2 saturated heterocycles. The van der Waals surface area contributed by atoms with Crippen LogP contribution in [0.3, 0.4) is 0 Å². The van der Waals surface area contributed by atoms with Crippen molar-refractivity contribution in [3.63, 3.8) is 0 Å². The molecule has 1 atom stereocenters. The van der Waals surface area contributed by atoms with Gasteiger partial charge in [0.05, 0.1) is 36.8 Å². The minimum absolute atomic E-state index is 0.104. The molecule has 7 nitrogen and oxygen atoms in total. The molecule has 0 spiro atoms. The van der Waals surface area contributed by atoms with Gasteiger partial charge in [-0.3, -0.25) is 9.58 Å². The monoisotopic (exact) mass is 396 g/mol. The van der Waals surface area contributed by atoms with Crippen molar-refractivity contribution in [2.45, 2.75) is 70.0 Å². The number of hydrogen-bond donors (Lipinski definition) is 1. The summed E-state index contributed by atoms with van der Waals surface area (Å²) >= 11 is 0. The third-order valence-electron chi connectivity index (χ3n) is 6.90. The fourth-order valence-electron chi connectivity index (χ4n) is 5.54. The number of likely N-dealkylation sites (tertiary alicyclic amines) is 1. The van der Waals surface area contributed by atoms with Gasteiger partial charge >= 0.3 is 0 Å². The lowest BCUT2D eigenvalue weighted by molar-refractivity contribution is 0.173. The summed E-state index contributed by atoms with van der Waals surface area (Å²) in [5.74, 6) is 0.833. The Hall–Kier alpha value is -1.99. The first-order valence-corrected chi connectivity index (χ1v) is 11.4. The maximum absolute atomic E-state index is 9.63. The van der Waals surface area contributed by atoms with Gasteiger partial charge in [-0.15, -0.1) is 0 Å². The second kappa shape index (κ2) is 8.40. The van der Waals surface area contributed by atoms with E-state index in [4.69, 9.17) is 4.98 Å². The van der Waals surface area contributed by atoms with Gasteiger partial charge in [0.15, 0.2) is 0 Å². The Morgan fingerprint density at radius 1 is 1.00 bits per heavy atom. The van der Waals surface area contributed by atoms with Crippen molar-refractivity contribution in [2.24, 2.45) is 0 Å². The van der Waals surface area contributed by atoms with Crippen LogP contribution < -0.4 is 4.90 Å². The fourth-order valence-corrected chi connectivity index (χ4v) is 5.54. The SMILES string of the molecule is OCCn1ncc(-c2ccnc(N3CCCC3)n2)c1[C@@H]1CCCN1C1CCCC1. The van der Waals surface area contributed by atoms with Crippen molar-refractivity contribution < 1.29 is 5.11 Å². The Labute approximate surface area is 172 Å². The smallest absolute Gasteiger partial charge is 0.225 e. The van der Waals surface area contributed by atoms with Crippen LogP contribution in [0.4, 0.5) is 5.95 Å². The Morgan fingerprint density at radius 2 is 1.83 bits per heavy atom. The summed E-state index contributed by atoms with van der Waals surface area (Å²) in [5, 5.41) is 14.3. The first kappa shape index (κ1) is 19.0. The largest absolute Gasteiger partial charge is 0.394 e. The zero-order chi connectivity index (χ0) is 19.6. The molecule has 5 rings (SSSR count). The molecule has 4 heterocycles. The second-order valence-corrected chi connectivity index (χ2v) is 8.66. The van der Waals surface area contributed by atoms with Gasteiger partial charge in [-0.05, 0) is 51.1 Å². The van der Waals surface area contributed by atoms with Gasteiger partial charge in [-0.1, -0.05) is 12.8 Å². The molecule has 0 amide bonds. The molecule has 3 fully saturated rings. The molecule has 1 saturated carbocycles. The summed E-state index contributed by atoms with van der Waals surface area (Å²) in [4.78, 5) is 14.5. The molecule has 1 aliphatic carbocycles. The third-order valence-corrected chi connectivity index (χ3v) is 6.90. The van der Waals surface area contributed by atoms with Crippen LogP contribution in [-0.2, 0) is 6.54 Å². The molecule has 156 valence electrons. The normalized spacial score (nSPS) is 23.5. The molecular formula is C22H32N6O. The zero-order valence-corrected chi connectivity index (χ0v) is 17.2. The number of rotatable bonds is 6. The molecule has 2 aromatic rings. The van der Waals surface area contributed by atoms with E-state index in [-0.39, 0.29) is 6.61 Å². The molecule has 2 aliphatic heterocycles. The van der Waals surface area contributed by atoms with Gasteiger partial charge in [-0.25, -0.2) is 9.97 Å². The predicted molar refractivity (Wildman–Crippen MR) is 113 cm³/mol. The van der Waals surface area contributed by atoms with E-state index in [1.165, 1.54) is 57.2 Å². The topological polar surface area (TPSA) is 70.3 Å². The van der Waals surface area contributed by atoms with Crippen LogP contribution in [0.2, 0.25) is 0 Å². The predicted octanol–water partition coefficient (Wildman–Crippen LogP) is 3.01. The van der Waals surface area contributed by atoms with Crippen LogP contribution >= 0.6 is 0 Å². The van der Waals surface area contributed by atoms with Crippen LogP contribution in [0.1, 0.15) is 63.1 Å². The van der Waals surface area contributed by atoms with E-state index in [0.29, 0.717) is 18.6 Å². The van der Waals surface area contributed by atoms with Gasteiger partial charge in [0, 0.05) is 30.9 Å². The summed E-state index contributed by atoms with van der Waals surface area (Å²) in [7, 11) is 0. The first-order chi connectivity index (χ1) is 14.3. The summed E-state index contributed by atoms with van der Waals surface area (Å²) < 4.78 is 2.02. The van der Waals surface area contributed by atoms with Gasteiger partial charge in [0.2, 0.25) is 5.95 Å². The minimum atomic E-state index is 0.104. The molecule has 7 heteroatoms. The highest BCUT2D eigenvalue weighted by Gasteiger charge is 2.36. The Kier molecular flexibility index (Phi) is 5.50. The van der Waals surface area contributed by atoms with Gasteiger partial charge in [0.1, 0.15) is 0 Å². The van der Waals surface area contributed by atoms with Gasteiger partial charge in [0.25, 0.3) is 0 Å². The average molecular weight is 397 g/mol. The van der Waals surface area contributed by atoms with E-state index in [2.05, 4.69) is 19.9 Å². The van der Waals surface area contributed by atoms with E-state index >= 15 is 0 Å². The molecule has 0 radical (unpaired) electrons. The zero-order valence-electron chi connectivity index (χ0n) is 17.2. The lowest BCUT2D eigenvalue weighted by Crippen LogP contribution is -2.34. The van der Waals surface area contributed by atoms with E-state index in [1.807, 2.05) is 23.1 Å². The highest BCUT2D eigenvalue weighted by molar-refractivity contribution is 5.63. The average Bonchev–Trinajstić information content (AvgIpc) is 3.55. The standard InChI is InChI=1S/C22H32N6O/c29-15-14-28-21(20-8-5-13-27(20)17-6-1-2-7-17)18(16-24-28)19-9-10-23-22(25-19)26-11-3-4-12-26/h9-10,16-17,20,29H,1-8,11-15H2/t20-/m0/s1. The fraction of sp³-hybridized carbons (Fsp3) is 0.682. The van der Waals surface area contributed by atoms with Crippen LogP contribution in [0.25, 0.3) is 11.3 Å². The van der Waals surface area contributed by atoms with E-state index in [1.54, 1.807) is 0 Å². The van der Waals surface area contributed by atoms with Crippen molar-refractivity contribution in [3.05, 3.63) is 24.2 Å². The summed E-state index contributed by atoms with van der Waals surface area (Å²) in [6.07, 6.45) is 14.0. The summed E-state index contributed by atoms with van der Waals surface area (Å²) in [5.41, 5.74) is 3.30. The molecule has 0 bridgehead atoms. The van der Waals surface area contributed by atoms with Gasteiger partial charge < -0.3 is 10.0 Å². The Morgan fingerprint density at radius 3 is 2.62 bits per heavy atom. The van der Waals surface area contributed by atoms with Crippen LogP contribution in [0, 0.1) is 0 Å². The number of aliphatic hydroxyl groups excluding tert-OH is 1. The Bertz CT molecular complexity index is 824.